The summed E-state index contributed by atoms with van der Waals surface area (Å²) in [6, 6.07) is 23.2. The molecule has 0 aliphatic carbocycles. The fourth-order valence-corrected chi connectivity index (χ4v) is 4.34. The van der Waals surface area contributed by atoms with E-state index in [1.165, 1.54) is 0 Å². The van der Waals surface area contributed by atoms with Gasteiger partial charge in [-0.3, -0.25) is 4.99 Å². The lowest BCUT2D eigenvalue weighted by Gasteiger charge is -2.24. The van der Waals surface area contributed by atoms with Crippen molar-refractivity contribution in [3.05, 3.63) is 101 Å². The van der Waals surface area contributed by atoms with E-state index >= 15 is 0 Å². The summed E-state index contributed by atoms with van der Waals surface area (Å²) in [7, 11) is 0. The Kier molecular flexibility index (Phi) is 5.89. The number of ether oxygens (including phenoxy) is 2. The molecule has 3 aromatic carbocycles. The first-order valence-corrected chi connectivity index (χ1v) is 11.1. The lowest BCUT2D eigenvalue weighted by Crippen LogP contribution is -2.31. The fraction of sp³-hybridized carbons (Fsp3) is 0.222. The molecule has 1 saturated heterocycles. The smallest absolute Gasteiger partial charge is 0.410 e. The Hall–Kier alpha value is -3.93. The Morgan fingerprint density at radius 3 is 2.70 bits per heavy atom. The minimum Gasteiger partial charge on any atom is -0.457 e. The summed E-state index contributed by atoms with van der Waals surface area (Å²) in [6.45, 7) is 1.23. The van der Waals surface area contributed by atoms with Gasteiger partial charge in [0.2, 0.25) is 0 Å². The second-order valence-corrected chi connectivity index (χ2v) is 8.20. The van der Waals surface area contributed by atoms with E-state index in [0.717, 1.165) is 40.8 Å². The second kappa shape index (κ2) is 9.28. The standard InChI is InChI=1S/C27H24N2O4/c30-26-22-8-4-9-24(23(22)18-32-26)28-16-19-11-13-21(14-12-19)25-10-5-15-29(25)27(31)33-17-20-6-2-1-3-7-20/h1-4,6-9,11-14,16,25H,5,10,15,17-18H2/b28-16+. The molecule has 0 bridgehead atoms. The van der Waals surface area contributed by atoms with Gasteiger partial charge in [0.15, 0.2) is 0 Å². The molecule has 1 unspecified atom stereocenters. The summed E-state index contributed by atoms with van der Waals surface area (Å²) in [5.74, 6) is -0.296. The molecule has 1 fully saturated rings. The van der Waals surface area contributed by atoms with E-state index in [2.05, 4.69) is 4.99 Å². The number of benzene rings is 3. The zero-order valence-electron chi connectivity index (χ0n) is 18.1. The van der Waals surface area contributed by atoms with E-state index in [-0.39, 0.29) is 31.3 Å². The number of carbonyl (C=O) groups is 2. The molecular formula is C27H24N2O4. The highest BCUT2D eigenvalue weighted by Gasteiger charge is 2.31. The van der Waals surface area contributed by atoms with Crippen molar-refractivity contribution < 1.29 is 19.1 Å². The molecule has 0 radical (unpaired) electrons. The van der Waals surface area contributed by atoms with Crippen LogP contribution in [0.2, 0.25) is 0 Å². The Bertz CT molecular complexity index is 1190. The van der Waals surface area contributed by atoms with E-state index in [1.807, 2.05) is 71.6 Å². The third kappa shape index (κ3) is 4.51. The lowest BCUT2D eigenvalue weighted by atomic mass is 10.0. The van der Waals surface area contributed by atoms with E-state index in [9.17, 15) is 9.59 Å². The van der Waals surface area contributed by atoms with Crippen molar-refractivity contribution in [3.63, 3.8) is 0 Å². The maximum absolute atomic E-state index is 12.7. The quantitative estimate of drug-likeness (QED) is 0.384. The van der Waals surface area contributed by atoms with Crippen LogP contribution >= 0.6 is 0 Å². The largest absolute Gasteiger partial charge is 0.457 e. The summed E-state index contributed by atoms with van der Waals surface area (Å²) in [5.41, 5.74) is 5.15. The summed E-state index contributed by atoms with van der Waals surface area (Å²) < 4.78 is 10.7. The van der Waals surface area contributed by atoms with Crippen LogP contribution in [-0.2, 0) is 22.7 Å². The molecule has 3 aromatic rings. The first kappa shape index (κ1) is 20.9. The molecule has 6 heteroatoms. The molecule has 2 aliphatic rings. The highest BCUT2D eigenvalue weighted by molar-refractivity contribution is 5.95. The summed E-state index contributed by atoms with van der Waals surface area (Å²) >= 11 is 0. The number of carbonyl (C=O) groups excluding carboxylic acids is 2. The van der Waals surface area contributed by atoms with Crippen molar-refractivity contribution in [2.45, 2.75) is 32.1 Å². The van der Waals surface area contributed by atoms with Gasteiger partial charge in [-0.25, -0.2) is 9.59 Å². The molecular weight excluding hydrogens is 416 g/mol. The first-order chi connectivity index (χ1) is 16.2. The molecule has 5 rings (SSSR count). The third-order valence-electron chi connectivity index (χ3n) is 6.09. The summed E-state index contributed by atoms with van der Waals surface area (Å²) in [5, 5.41) is 0. The van der Waals surface area contributed by atoms with Crippen molar-refractivity contribution in [3.8, 4) is 0 Å². The SMILES string of the molecule is O=C1OCc2c(/N=C/c3ccc(C4CCCN4C(=O)OCc4ccccc4)cc3)cccc21. The number of esters is 1. The zero-order chi connectivity index (χ0) is 22.6. The van der Waals surface area contributed by atoms with Gasteiger partial charge in [0.25, 0.3) is 0 Å². The third-order valence-corrected chi connectivity index (χ3v) is 6.09. The highest BCUT2D eigenvalue weighted by atomic mass is 16.6. The van der Waals surface area contributed by atoms with Crippen LogP contribution in [0.3, 0.4) is 0 Å². The summed E-state index contributed by atoms with van der Waals surface area (Å²) in [6.07, 6.45) is 3.37. The molecule has 0 N–H and O–H groups in total. The van der Waals surface area contributed by atoms with E-state index in [4.69, 9.17) is 9.47 Å². The number of hydrogen-bond donors (Lipinski definition) is 0. The molecule has 0 spiro atoms. The van der Waals surface area contributed by atoms with E-state index in [0.29, 0.717) is 12.1 Å². The number of aliphatic imine (C=N–C) groups is 1. The van der Waals surface area contributed by atoms with Crippen molar-refractivity contribution in [1.82, 2.24) is 4.90 Å². The normalized spacial score (nSPS) is 17.3. The van der Waals surface area contributed by atoms with Crippen LogP contribution in [0.25, 0.3) is 0 Å². The minimum atomic E-state index is -0.296. The van der Waals surface area contributed by atoms with Crippen LogP contribution in [0.4, 0.5) is 10.5 Å². The number of amides is 1. The molecule has 33 heavy (non-hydrogen) atoms. The van der Waals surface area contributed by atoms with Gasteiger partial charge >= 0.3 is 12.1 Å². The monoisotopic (exact) mass is 440 g/mol. The van der Waals surface area contributed by atoms with Gasteiger partial charge in [-0.15, -0.1) is 0 Å². The van der Waals surface area contributed by atoms with Crippen LogP contribution in [0, 0.1) is 0 Å². The van der Waals surface area contributed by atoms with Crippen LogP contribution in [0.5, 0.6) is 0 Å². The van der Waals surface area contributed by atoms with Gasteiger partial charge in [-0.2, -0.15) is 0 Å². The Morgan fingerprint density at radius 1 is 1.06 bits per heavy atom. The molecule has 6 nitrogen and oxygen atoms in total. The number of hydrogen-bond acceptors (Lipinski definition) is 5. The lowest BCUT2D eigenvalue weighted by molar-refractivity contribution is 0.0535. The molecule has 2 aliphatic heterocycles. The van der Waals surface area contributed by atoms with Gasteiger partial charge in [-0.1, -0.05) is 60.7 Å². The highest BCUT2D eigenvalue weighted by Crippen LogP contribution is 2.33. The van der Waals surface area contributed by atoms with Gasteiger partial charge in [0, 0.05) is 18.3 Å². The summed E-state index contributed by atoms with van der Waals surface area (Å²) in [4.78, 5) is 30.8. The molecule has 166 valence electrons. The average Bonchev–Trinajstić information content (AvgIpc) is 3.50. The van der Waals surface area contributed by atoms with Crippen LogP contribution in [0.1, 0.15) is 51.5 Å². The molecule has 2 heterocycles. The molecule has 1 atom stereocenters. The predicted octanol–water partition coefficient (Wildman–Crippen LogP) is 5.58. The maximum Gasteiger partial charge on any atom is 0.410 e. The van der Waals surface area contributed by atoms with E-state index in [1.54, 1.807) is 12.3 Å². The Morgan fingerprint density at radius 2 is 1.88 bits per heavy atom. The Labute approximate surface area is 192 Å². The van der Waals surface area contributed by atoms with Crippen molar-refractivity contribution in [2.24, 2.45) is 4.99 Å². The first-order valence-electron chi connectivity index (χ1n) is 11.1. The molecule has 0 aromatic heterocycles. The Balaban J connectivity index is 1.25. The zero-order valence-corrected chi connectivity index (χ0v) is 18.1. The van der Waals surface area contributed by atoms with Gasteiger partial charge in [0.05, 0.1) is 17.3 Å². The number of fused-ring (bicyclic) bond motifs is 1. The van der Waals surface area contributed by atoms with E-state index < -0.39 is 0 Å². The number of nitrogens with zero attached hydrogens (tertiary/aromatic N) is 2. The van der Waals surface area contributed by atoms with Gasteiger partial charge in [-0.05, 0) is 41.7 Å². The van der Waals surface area contributed by atoms with Gasteiger partial charge < -0.3 is 14.4 Å². The average molecular weight is 440 g/mol. The van der Waals surface area contributed by atoms with Crippen molar-refractivity contribution in [1.29, 1.82) is 0 Å². The predicted molar refractivity (Wildman–Crippen MR) is 125 cm³/mol. The van der Waals surface area contributed by atoms with Crippen LogP contribution in [-0.4, -0.2) is 29.7 Å². The number of cyclic esters (lactones) is 1. The fourth-order valence-electron chi connectivity index (χ4n) is 4.34. The van der Waals surface area contributed by atoms with Crippen LogP contribution in [0.15, 0.2) is 77.8 Å². The second-order valence-electron chi connectivity index (χ2n) is 8.20. The molecule has 1 amide bonds. The molecule has 0 saturated carbocycles. The van der Waals surface area contributed by atoms with Crippen molar-refractivity contribution in [2.75, 3.05) is 6.54 Å². The maximum atomic E-state index is 12.7. The van der Waals surface area contributed by atoms with Crippen LogP contribution < -0.4 is 0 Å². The number of likely N-dealkylation sites (tertiary alicyclic amines) is 1. The van der Waals surface area contributed by atoms with Crippen molar-refractivity contribution >= 4 is 24.0 Å². The topological polar surface area (TPSA) is 68.2 Å². The van der Waals surface area contributed by atoms with Gasteiger partial charge in [0.1, 0.15) is 13.2 Å². The number of rotatable bonds is 5. The minimum absolute atomic E-state index is 0.0137.